The van der Waals surface area contributed by atoms with Gasteiger partial charge in [0.2, 0.25) is 0 Å². The number of imide groups is 1. The van der Waals surface area contributed by atoms with E-state index in [0.717, 1.165) is 0 Å². The normalized spacial score (nSPS) is 17.8. The van der Waals surface area contributed by atoms with Crippen LogP contribution in [0.3, 0.4) is 0 Å². The summed E-state index contributed by atoms with van der Waals surface area (Å²) in [6, 6.07) is 6.11. The fraction of sp³-hybridized carbons (Fsp3) is 0.133. The predicted molar refractivity (Wildman–Crippen MR) is 78.9 cm³/mol. The quantitative estimate of drug-likeness (QED) is 0.801. The number of benzene rings is 1. The number of H-pyrrole nitrogens is 1. The van der Waals surface area contributed by atoms with Crippen molar-refractivity contribution in [1.82, 2.24) is 10.0 Å². The van der Waals surface area contributed by atoms with Crippen molar-refractivity contribution in [1.29, 1.82) is 0 Å². The van der Waals surface area contributed by atoms with Crippen LogP contribution in [0.15, 0.2) is 35.4 Å². The maximum Gasteiger partial charge on any atom is 0.380 e. The fourth-order valence-corrected chi connectivity index (χ4v) is 4.38. The van der Waals surface area contributed by atoms with E-state index in [-0.39, 0.29) is 33.9 Å². The fourth-order valence-electron chi connectivity index (χ4n) is 2.87. The average molecular weight is 346 g/mol. The molecule has 1 aromatic carbocycles. The number of fused-ring (bicyclic) bond motifs is 2. The zero-order valence-electron chi connectivity index (χ0n) is 12.1. The Morgan fingerprint density at radius 1 is 1.12 bits per heavy atom. The van der Waals surface area contributed by atoms with Gasteiger partial charge in [0.05, 0.1) is 21.8 Å². The van der Waals surface area contributed by atoms with Gasteiger partial charge in [0, 0.05) is 11.8 Å². The van der Waals surface area contributed by atoms with Crippen LogP contribution >= 0.6 is 0 Å². The highest BCUT2D eigenvalue weighted by Gasteiger charge is 2.40. The number of carbonyl (C=O) groups is 3. The third-order valence-electron chi connectivity index (χ3n) is 4.04. The minimum atomic E-state index is -3.40. The smallest absolute Gasteiger partial charge is 0.354 e. The lowest BCUT2D eigenvalue weighted by molar-refractivity contribution is -0.0588. The Labute approximate surface area is 135 Å². The summed E-state index contributed by atoms with van der Waals surface area (Å²) < 4.78 is 23.6. The van der Waals surface area contributed by atoms with Crippen LogP contribution in [-0.4, -0.2) is 42.0 Å². The number of hydroxylamine groups is 2. The van der Waals surface area contributed by atoms with E-state index in [2.05, 4.69) is 4.98 Å². The van der Waals surface area contributed by atoms with Crippen LogP contribution in [0, 0.1) is 0 Å². The van der Waals surface area contributed by atoms with E-state index < -0.39 is 27.6 Å². The first-order valence-electron chi connectivity index (χ1n) is 7.03. The van der Waals surface area contributed by atoms with Crippen molar-refractivity contribution in [2.45, 2.75) is 11.3 Å². The molecule has 2 amide bonds. The molecule has 0 saturated carbocycles. The summed E-state index contributed by atoms with van der Waals surface area (Å²) in [4.78, 5) is 44.2. The minimum Gasteiger partial charge on any atom is -0.354 e. The van der Waals surface area contributed by atoms with Crippen LogP contribution in [-0.2, 0) is 21.1 Å². The zero-order valence-corrected chi connectivity index (χ0v) is 12.9. The summed E-state index contributed by atoms with van der Waals surface area (Å²) in [5.74, 6) is -2.54. The largest absolute Gasteiger partial charge is 0.380 e. The molecule has 0 saturated heterocycles. The van der Waals surface area contributed by atoms with Gasteiger partial charge in [-0.15, -0.1) is 0 Å². The van der Waals surface area contributed by atoms with Crippen LogP contribution in [0.25, 0.3) is 0 Å². The van der Waals surface area contributed by atoms with E-state index in [4.69, 9.17) is 4.84 Å². The van der Waals surface area contributed by atoms with Crippen molar-refractivity contribution in [3.63, 3.8) is 0 Å². The van der Waals surface area contributed by atoms with E-state index in [1.165, 1.54) is 18.3 Å². The van der Waals surface area contributed by atoms with Gasteiger partial charge in [-0.25, -0.2) is 13.2 Å². The molecule has 8 nitrogen and oxygen atoms in total. The van der Waals surface area contributed by atoms with Crippen molar-refractivity contribution < 1.29 is 27.6 Å². The van der Waals surface area contributed by atoms with Crippen LogP contribution in [0.4, 0.5) is 0 Å². The molecule has 2 aromatic rings. The molecule has 1 aromatic heterocycles. The zero-order chi connectivity index (χ0) is 17.1. The monoisotopic (exact) mass is 346 g/mol. The molecule has 122 valence electrons. The van der Waals surface area contributed by atoms with Gasteiger partial charge in [0.15, 0.2) is 9.84 Å². The highest BCUT2D eigenvalue weighted by Crippen LogP contribution is 2.30. The molecule has 0 fully saturated rings. The molecule has 0 unspecified atom stereocenters. The number of nitrogens with one attached hydrogen (secondary N) is 1. The number of hydrogen-bond donors (Lipinski definition) is 1. The van der Waals surface area contributed by atoms with Gasteiger partial charge in [0.25, 0.3) is 11.8 Å². The van der Waals surface area contributed by atoms with E-state index >= 15 is 0 Å². The average Bonchev–Trinajstić information content (AvgIpc) is 3.18. The second-order valence-corrected chi connectivity index (χ2v) is 7.48. The van der Waals surface area contributed by atoms with E-state index in [1.807, 2.05) is 0 Å². The summed E-state index contributed by atoms with van der Waals surface area (Å²) in [6.07, 6.45) is 1.39. The number of aromatic amines is 1. The third-order valence-corrected chi connectivity index (χ3v) is 5.81. The second kappa shape index (κ2) is 4.78. The first-order chi connectivity index (χ1) is 11.4. The van der Waals surface area contributed by atoms with Gasteiger partial charge < -0.3 is 9.82 Å². The molecule has 1 N–H and O–H groups in total. The summed E-state index contributed by atoms with van der Waals surface area (Å²) >= 11 is 0. The first kappa shape index (κ1) is 14.6. The lowest BCUT2D eigenvalue weighted by Crippen LogP contribution is -2.33. The number of nitrogens with zero attached hydrogens (tertiary/aromatic N) is 1. The van der Waals surface area contributed by atoms with Crippen LogP contribution in [0.2, 0.25) is 0 Å². The number of aromatic nitrogens is 1. The molecule has 2 aliphatic rings. The lowest BCUT2D eigenvalue weighted by atomic mass is 10.1. The molecule has 3 heterocycles. The molecule has 0 aliphatic carbocycles. The summed E-state index contributed by atoms with van der Waals surface area (Å²) in [6.45, 7) is 0. The predicted octanol–water partition coefficient (Wildman–Crippen LogP) is 0.713. The Hall–Kier alpha value is -2.94. The highest BCUT2D eigenvalue weighted by atomic mass is 32.2. The number of sulfone groups is 1. The van der Waals surface area contributed by atoms with Gasteiger partial charge in [-0.2, -0.15) is 0 Å². The molecule has 24 heavy (non-hydrogen) atoms. The molecule has 4 rings (SSSR count). The second-order valence-electron chi connectivity index (χ2n) is 5.40. The number of hydrogen-bond acceptors (Lipinski definition) is 6. The van der Waals surface area contributed by atoms with Gasteiger partial charge in [-0.1, -0.05) is 17.2 Å². The number of carbonyl (C=O) groups excluding carboxylic acids is 3. The molecule has 0 atom stereocenters. The summed E-state index contributed by atoms with van der Waals surface area (Å²) in [5, 5.41) is 0.393. The SMILES string of the molecule is O=C(ON1C(=O)c2ccccc2C1=O)c1[nH]cc2c1CCS2(=O)=O. The van der Waals surface area contributed by atoms with Crippen molar-refractivity contribution in [3.05, 3.63) is 52.8 Å². The highest BCUT2D eigenvalue weighted by molar-refractivity contribution is 7.91. The maximum atomic E-state index is 12.3. The first-order valence-corrected chi connectivity index (χ1v) is 8.68. The van der Waals surface area contributed by atoms with Crippen LogP contribution < -0.4 is 0 Å². The Morgan fingerprint density at radius 2 is 1.75 bits per heavy atom. The molecule has 0 radical (unpaired) electrons. The topological polar surface area (TPSA) is 114 Å². The van der Waals surface area contributed by atoms with Crippen molar-refractivity contribution in [2.24, 2.45) is 0 Å². The Kier molecular flexibility index (Phi) is 2.91. The van der Waals surface area contributed by atoms with Crippen molar-refractivity contribution in [3.8, 4) is 0 Å². The molecule has 2 aliphatic heterocycles. The molecule has 0 spiro atoms. The standard InChI is InChI=1S/C15H10N2O6S/c18-13-8-3-1-2-4-9(8)14(19)17(13)23-15(20)12-10-5-6-24(21,22)11(10)7-16-12/h1-4,7,16H,5-6H2. The van der Waals surface area contributed by atoms with E-state index in [0.29, 0.717) is 10.6 Å². The van der Waals surface area contributed by atoms with Gasteiger partial charge in [0.1, 0.15) is 5.69 Å². The molecular formula is C15H10N2O6S. The molecule has 0 bridgehead atoms. The minimum absolute atomic E-state index is 0.0526. The van der Waals surface area contributed by atoms with Crippen molar-refractivity contribution in [2.75, 3.05) is 5.75 Å². The number of amides is 2. The van der Waals surface area contributed by atoms with Crippen molar-refractivity contribution >= 4 is 27.6 Å². The number of rotatable bonds is 2. The van der Waals surface area contributed by atoms with Gasteiger partial charge in [-0.05, 0) is 18.6 Å². The summed E-state index contributed by atoms with van der Waals surface area (Å²) in [5.41, 5.74) is 0.545. The molecular weight excluding hydrogens is 336 g/mol. The van der Waals surface area contributed by atoms with Gasteiger partial charge >= 0.3 is 5.97 Å². The van der Waals surface area contributed by atoms with E-state index in [9.17, 15) is 22.8 Å². The maximum absolute atomic E-state index is 12.3. The van der Waals surface area contributed by atoms with E-state index in [1.54, 1.807) is 12.1 Å². The Balaban J connectivity index is 1.63. The lowest BCUT2D eigenvalue weighted by Gasteiger charge is -2.12. The van der Waals surface area contributed by atoms with Gasteiger partial charge in [-0.3, -0.25) is 9.59 Å². The summed E-state index contributed by atoms with van der Waals surface area (Å²) in [7, 11) is -3.40. The Morgan fingerprint density at radius 3 is 2.38 bits per heavy atom. The van der Waals surface area contributed by atoms with Crippen LogP contribution in [0.5, 0.6) is 0 Å². The Bertz CT molecular complexity index is 985. The third kappa shape index (κ3) is 1.91. The molecule has 9 heteroatoms. The van der Waals surface area contributed by atoms with Crippen LogP contribution in [0.1, 0.15) is 36.8 Å².